The summed E-state index contributed by atoms with van der Waals surface area (Å²) in [4.78, 5) is 9.71. The molecule has 1 atom stereocenters. The van der Waals surface area contributed by atoms with Gasteiger partial charge in [0.2, 0.25) is 0 Å². The van der Waals surface area contributed by atoms with Crippen LogP contribution >= 0.6 is 0 Å². The van der Waals surface area contributed by atoms with Crippen LogP contribution in [0.4, 0.5) is 0 Å². The van der Waals surface area contributed by atoms with Gasteiger partial charge in [-0.15, -0.1) is 10.2 Å². The van der Waals surface area contributed by atoms with E-state index in [1.165, 1.54) is 38.6 Å². The van der Waals surface area contributed by atoms with Gasteiger partial charge in [0.05, 0.1) is 0 Å². The van der Waals surface area contributed by atoms with E-state index in [1.54, 1.807) is 0 Å². The molecule has 2 aliphatic carbocycles. The zero-order valence-corrected chi connectivity index (χ0v) is 26.2. The van der Waals surface area contributed by atoms with E-state index in [-0.39, 0.29) is 5.92 Å². The van der Waals surface area contributed by atoms with Crippen LogP contribution in [0.25, 0.3) is 68.1 Å². The number of pyridine rings is 2. The summed E-state index contributed by atoms with van der Waals surface area (Å²) >= 11 is 0. The van der Waals surface area contributed by atoms with Gasteiger partial charge in [-0.25, -0.2) is 19.0 Å². The van der Waals surface area contributed by atoms with Crippen molar-refractivity contribution >= 4 is 34.2 Å². The molecule has 0 bridgehead atoms. The molecule has 228 valence electrons. The van der Waals surface area contributed by atoms with Crippen molar-refractivity contribution in [1.29, 1.82) is 0 Å². The molecule has 48 heavy (non-hydrogen) atoms. The van der Waals surface area contributed by atoms with Crippen LogP contribution in [0.2, 0.25) is 0 Å². The molecule has 8 aromatic rings. The van der Waals surface area contributed by atoms with Gasteiger partial charge < -0.3 is 0 Å². The van der Waals surface area contributed by atoms with Crippen molar-refractivity contribution in [2.45, 2.75) is 25.2 Å². The first-order valence-electron chi connectivity index (χ1n) is 16.6. The van der Waals surface area contributed by atoms with Crippen LogP contribution in [0.3, 0.4) is 0 Å². The molecule has 4 aromatic heterocycles. The van der Waals surface area contributed by atoms with Gasteiger partial charge in [0.1, 0.15) is 0 Å². The van der Waals surface area contributed by atoms with Gasteiger partial charge in [-0.1, -0.05) is 85.0 Å². The van der Waals surface area contributed by atoms with Gasteiger partial charge in [-0.3, -0.25) is 0 Å². The van der Waals surface area contributed by atoms with E-state index in [0.29, 0.717) is 11.6 Å². The lowest BCUT2D eigenvalue weighted by atomic mass is 9.77. The quantitative estimate of drug-likeness (QED) is 0.197. The van der Waals surface area contributed by atoms with Crippen LogP contribution in [0.1, 0.15) is 40.2 Å². The fourth-order valence-corrected chi connectivity index (χ4v) is 7.57. The molecule has 0 saturated heterocycles. The molecule has 10 rings (SSSR count). The highest BCUT2D eigenvalue weighted by Crippen LogP contribution is 2.41. The first-order valence-corrected chi connectivity index (χ1v) is 16.6. The van der Waals surface area contributed by atoms with E-state index in [9.17, 15) is 0 Å². The van der Waals surface area contributed by atoms with Crippen molar-refractivity contribution in [3.63, 3.8) is 0 Å². The highest BCUT2D eigenvalue weighted by atomic mass is 15.3. The highest BCUT2D eigenvalue weighted by Gasteiger charge is 2.24. The van der Waals surface area contributed by atoms with E-state index >= 15 is 0 Å². The van der Waals surface area contributed by atoms with Crippen LogP contribution in [-0.2, 0) is 12.8 Å². The van der Waals surface area contributed by atoms with Crippen molar-refractivity contribution in [2.24, 2.45) is 0 Å². The number of fused-ring (bicyclic) bond motifs is 8. The second-order valence-electron chi connectivity index (χ2n) is 12.7. The number of rotatable bonds is 4. The Balaban J connectivity index is 1.08. The van der Waals surface area contributed by atoms with Crippen LogP contribution in [0.5, 0.6) is 0 Å². The third-order valence-corrected chi connectivity index (χ3v) is 9.87. The van der Waals surface area contributed by atoms with Crippen LogP contribution in [-0.4, -0.2) is 29.2 Å². The van der Waals surface area contributed by atoms with Crippen molar-refractivity contribution in [1.82, 2.24) is 29.2 Å². The van der Waals surface area contributed by atoms with Crippen LogP contribution in [0.15, 0.2) is 128 Å². The minimum absolute atomic E-state index is 0.288. The molecule has 4 aromatic carbocycles. The summed E-state index contributed by atoms with van der Waals surface area (Å²) < 4.78 is 3.63. The summed E-state index contributed by atoms with van der Waals surface area (Å²) in [5.41, 5.74) is 12.8. The molecule has 4 heterocycles. The standard InChI is InChI=1S/C42H30N6/c1-2-14-35-33(12-1)34-13-3-4-15-36(34)38-26-29(18-19-37(35)38)27-10-9-11-28(22-27)30-23-31(41-43-39-16-5-7-20-47(39)45-41)25-32(24-30)42-44-40-17-6-8-21-48(40)46-42/h1-3,5-14,16-25,29H,4,15,26H2. The number of nitrogens with zero attached hydrogens (tertiary/aromatic N) is 6. The number of benzene rings is 4. The number of allylic oxidation sites excluding steroid dienone is 2. The minimum atomic E-state index is 0.288. The number of hydrogen-bond donors (Lipinski definition) is 0. The first kappa shape index (κ1) is 27.0. The Kier molecular flexibility index (Phi) is 6.03. The summed E-state index contributed by atoms with van der Waals surface area (Å²) in [6.45, 7) is 0. The predicted molar refractivity (Wildman–Crippen MR) is 193 cm³/mol. The molecule has 0 amide bonds. The van der Waals surface area contributed by atoms with Gasteiger partial charge in [-0.05, 0) is 111 Å². The molecule has 6 heteroatoms. The van der Waals surface area contributed by atoms with E-state index in [0.717, 1.165) is 52.8 Å². The third-order valence-electron chi connectivity index (χ3n) is 9.87. The Morgan fingerprint density at radius 1 is 0.562 bits per heavy atom. The largest absolute Gasteiger partial charge is 0.221 e. The van der Waals surface area contributed by atoms with Gasteiger partial charge in [0.15, 0.2) is 22.9 Å². The molecule has 0 radical (unpaired) electrons. The molecular weight excluding hydrogens is 589 g/mol. The maximum absolute atomic E-state index is 4.86. The molecule has 1 unspecified atom stereocenters. The zero-order chi connectivity index (χ0) is 31.6. The SMILES string of the molecule is C1=Cc2c(c3c(c4ccccc24)C=CC(c2cccc(-c4cc(-c5nc6ccccn6n5)cc(-c5nc6ccccn6n5)c4)c2)C3)CC1. The van der Waals surface area contributed by atoms with Crippen molar-refractivity contribution in [2.75, 3.05) is 0 Å². The molecule has 0 aliphatic heterocycles. The topological polar surface area (TPSA) is 60.4 Å². The van der Waals surface area contributed by atoms with Crippen molar-refractivity contribution in [3.8, 4) is 33.9 Å². The summed E-state index contributed by atoms with van der Waals surface area (Å²) in [7, 11) is 0. The Morgan fingerprint density at radius 3 is 1.90 bits per heavy atom. The summed E-state index contributed by atoms with van der Waals surface area (Å²) in [6.07, 6.45) is 16.5. The lowest BCUT2D eigenvalue weighted by Gasteiger charge is -2.27. The molecular formula is C42H30N6. The number of hydrogen-bond acceptors (Lipinski definition) is 4. The normalized spacial score (nSPS) is 15.3. The van der Waals surface area contributed by atoms with Gasteiger partial charge in [-0.2, -0.15) is 0 Å². The lowest BCUT2D eigenvalue weighted by Crippen LogP contribution is -2.12. The van der Waals surface area contributed by atoms with Gasteiger partial charge in [0, 0.05) is 29.4 Å². The van der Waals surface area contributed by atoms with E-state index in [1.807, 2.05) is 57.8 Å². The summed E-state index contributed by atoms with van der Waals surface area (Å²) in [5.74, 6) is 1.63. The lowest BCUT2D eigenvalue weighted by molar-refractivity contribution is 0.808. The van der Waals surface area contributed by atoms with Gasteiger partial charge >= 0.3 is 0 Å². The fraction of sp³-hybridized carbons (Fsp3) is 0.0952. The van der Waals surface area contributed by atoms with Crippen LogP contribution in [0, 0.1) is 0 Å². The average Bonchev–Trinajstić information content (AvgIpc) is 3.80. The zero-order valence-electron chi connectivity index (χ0n) is 26.2. The first-order chi connectivity index (χ1) is 23.7. The molecule has 2 aliphatic rings. The minimum Gasteiger partial charge on any atom is -0.221 e. The van der Waals surface area contributed by atoms with Crippen molar-refractivity contribution < 1.29 is 0 Å². The molecule has 0 fully saturated rings. The predicted octanol–water partition coefficient (Wildman–Crippen LogP) is 9.24. The molecule has 6 nitrogen and oxygen atoms in total. The monoisotopic (exact) mass is 618 g/mol. The Morgan fingerprint density at radius 2 is 1.21 bits per heavy atom. The maximum atomic E-state index is 4.86. The second kappa shape index (κ2) is 10.7. The van der Waals surface area contributed by atoms with E-state index in [4.69, 9.17) is 20.2 Å². The third kappa shape index (κ3) is 4.41. The Labute approximate surface area is 277 Å². The smallest absolute Gasteiger partial charge is 0.182 e. The molecule has 0 spiro atoms. The summed E-state index contributed by atoms with van der Waals surface area (Å²) in [6, 6.07) is 36.2. The fourth-order valence-electron chi connectivity index (χ4n) is 7.57. The second-order valence-corrected chi connectivity index (χ2v) is 12.7. The molecule has 0 saturated carbocycles. The van der Waals surface area contributed by atoms with E-state index < -0.39 is 0 Å². The molecule has 0 N–H and O–H groups in total. The average molecular weight is 619 g/mol. The Hall–Kier alpha value is -6.14. The Bertz CT molecular complexity index is 2460. The highest BCUT2D eigenvalue weighted by molar-refractivity contribution is 6.00. The van der Waals surface area contributed by atoms with Crippen molar-refractivity contribution in [3.05, 3.63) is 155 Å². The van der Waals surface area contributed by atoms with Gasteiger partial charge in [0.25, 0.3) is 0 Å². The number of aromatic nitrogens is 6. The van der Waals surface area contributed by atoms with Crippen LogP contribution < -0.4 is 0 Å². The van der Waals surface area contributed by atoms with E-state index in [2.05, 4.69) is 91.0 Å². The summed E-state index contributed by atoms with van der Waals surface area (Å²) in [5, 5.41) is 12.3. The maximum Gasteiger partial charge on any atom is 0.182 e.